The summed E-state index contributed by atoms with van der Waals surface area (Å²) in [5, 5.41) is 8.53. The maximum atomic E-state index is 10.4. The first-order valence-electron chi connectivity index (χ1n) is 5.80. The van der Waals surface area contributed by atoms with Crippen LogP contribution in [0.4, 0.5) is 0 Å². The smallest absolute Gasteiger partial charge is 0.306 e. The Kier molecular flexibility index (Phi) is 3.64. The number of aliphatic carboxylic acids is 1. The minimum atomic E-state index is -0.829. The van der Waals surface area contributed by atoms with Crippen molar-refractivity contribution in [2.24, 2.45) is 0 Å². The number of nitrogens with zero attached hydrogens (tertiary/aromatic N) is 1. The van der Waals surface area contributed by atoms with Gasteiger partial charge in [-0.1, -0.05) is 6.07 Å². The van der Waals surface area contributed by atoms with Crippen molar-refractivity contribution in [3.8, 4) is 5.75 Å². The largest absolute Gasteiger partial charge is 0.493 e. The standard InChI is InChI=1S/C13H17NO3/c1-14-6-4-10-8-12(3-2-11(10)9-14)17-7-5-13(15)16/h2-3,8H,4-7,9H2,1H3,(H,15,16). The van der Waals surface area contributed by atoms with E-state index in [1.807, 2.05) is 12.1 Å². The van der Waals surface area contributed by atoms with Gasteiger partial charge in [0, 0.05) is 13.1 Å². The molecule has 0 spiro atoms. The lowest BCUT2D eigenvalue weighted by Crippen LogP contribution is -2.26. The van der Waals surface area contributed by atoms with Gasteiger partial charge in [-0.15, -0.1) is 0 Å². The lowest BCUT2D eigenvalue weighted by Gasteiger charge is -2.25. The summed E-state index contributed by atoms with van der Waals surface area (Å²) in [7, 11) is 2.11. The van der Waals surface area contributed by atoms with E-state index in [0.717, 1.165) is 25.3 Å². The molecule has 1 aliphatic rings. The van der Waals surface area contributed by atoms with E-state index in [1.165, 1.54) is 11.1 Å². The molecule has 1 aromatic carbocycles. The Balaban J connectivity index is 1.99. The van der Waals surface area contributed by atoms with Gasteiger partial charge in [-0.2, -0.15) is 0 Å². The Morgan fingerprint density at radius 2 is 2.29 bits per heavy atom. The summed E-state index contributed by atoms with van der Waals surface area (Å²) in [6.45, 7) is 2.27. The van der Waals surface area contributed by atoms with Crippen LogP contribution in [-0.2, 0) is 17.8 Å². The fourth-order valence-electron chi connectivity index (χ4n) is 2.02. The summed E-state index contributed by atoms with van der Waals surface area (Å²) >= 11 is 0. The first-order chi connectivity index (χ1) is 8.15. The third kappa shape index (κ3) is 3.20. The van der Waals surface area contributed by atoms with Crippen LogP contribution in [0.2, 0.25) is 0 Å². The molecular formula is C13H17NO3. The third-order valence-corrected chi connectivity index (χ3v) is 2.97. The number of benzene rings is 1. The molecule has 92 valence electrons. The van der Waals surface area contributed by atoms with Crippen molar-refractivity contribution in [2.75, 3.05) is 20.2 Å². The highest BCUT2D eigenvalue weighted by atomic mass is 16.5. The van der Waals surface area contributed by atoms with Crippen LogP contribution in [0.15, 0.2) is 18.2 Å². The van der Waals surface area contributed by atoms with E-state index in [0.29, 0.717) is 0 Å². The molecule has 1 heterocycles. The van der Waals surface area contributed by atoms with Crippen molar-refractivity contribution >= 4 is 5.97 Å². The molecule has 4 nitrogen and oxygen atoms in total. The third-order valence-electron chi connectivity index (χ3n) is 2.97. The molecule has 0 atom stereocenters. The Bertz CT molecular complexity index is 417. The van der Waals surface area contributed by atoms with Crippen LogP contribution in [-0.4, -0.2) is 36.2 Å². The Morgan fingerprint density at radius 1 is 1.47 bits per heavy atom. The van der Waals surface area contributed by atoms with E-state index in [9.17, 15) is 4.79 Å². The van der Waals surface area contributed by atoms with E-state index >= 15 is 0 Å². The average Bonchev–Trinajstić information content (AvgIpc) is 2.29. The van der Waals surface area contributed by atoms with Gasteiger partial charge >= 0.3 is 5.97 Å². The van der Waals surface area contributed by atoms with Crippen molar-refractivity contribution in [3.05, 3.63) is 29.3 Å². The van der Waals surface area contributed by atoms with E-state index in [1.54, 1.807) is 0 Å². The van der Waals surface area contributed by atoms with Gasteiger partial charge in [0.15, 0.2) is 0 Å². The van der Waals surface area contributed by atoms with Crippen molar-refractivity contribution in [1.29, 1.82) is 0 Å². The van der Waals surface area contributed by atoms with E-state index in [-0.39, 0.29) is 13.0 Å². The maximum absolute atomic E-state index is 10.4. The normalized spacial score (nSPS) is 15.4. The van der Waals surface area contributed by atoms with Crippen LogP contribution >= 0.6 is 0 Å². The number of carbonyl (C=O) groups is 1. The van der Waals surface area contributed by atoms with Gasteiger partial charge in [-0.05, 0) is 36.7 Å². The second-order valence-corrected chi connectivity index (χ2v) is 4.41. The molecule has 0 bridgehead atoms. The lowest BCUT2D eigenvalue weighted by atomic mass is 10.00. The summed E-state index contributed by atoms with van der Waals surface area (Å²) < 4.78 is 5.42. The number of rotatable bonds is 4. The van der Waals surface area contributed by atoms with Gasteiger partial charge < -0.3 is 14.7 Å². The topological polar surface area (TPSA) is 49.8 Å². The Labute approximate surface area is 101 Å². The number of hydrogen-bond acceptors (Lipinski definition) is 3. The molecule has 0 amide bonds. The van der Waals surface area contributed by atoms with Crippen molar-refractivity contribution in [3.63, 3.8) is 0 Å². The summed E-state index contributed by atoms with van der Waals surface area (Å²) in [4.78, 5) is 12.7. The SMILES string of the molecule is CN1CCc2cc(OCCC(=O)O)ccc2C1. The predicted molar refractivity (Wildman–Crippen MR) is 64.2 cm³/mol. The number of likely N-dealkylation sites (N-methyl/N-ethyl adjacent to an activating group) is 1. The molecule has 17 heavy (non-hydrogen) atoms. The molecule has 4 heteroatoms. The van der Waals surface area contributed by atoms with Gasteiger partial charge in [0.2, 0.25) is 0 Å². The molecule has 0 radical (unpaired) electrons. The minimum Gasteiger partial charge on any atom is -0.493 e. The summed E-state index contributed by atoms with van der Waals surface area (Å²) in [6, 6.07) is 6.02. The first kappa shape index (κ1) is 11.9. The van der Waals surface area contributed by atoms with E-state index in [4.69, 9.17) is 9.84 Å². The fraction of sp³-hybridized carbons (Fsp3) is 0.462. The van der Waals surface area contributed by atoms with Crippen LogP contribution in [0.3, 0.4) is 0 Å². The first-order valence-corrected chi connectivity index (χ1v) is 5.80. The average molecular weight is 235 g/mol. The van der Waals surface area contributed by atoms with Crippen LogP contribution in [0.5, 0.6) is 5.75 Å². The second-order valence-electron chi connectivity index (χ2n) is 4.41. The molecular weight excluding hydrogens is 218 g/mol. The monoisotopic (exact) mass is 235 g/mol. The van der Waals surface area contributed by atoms with Crippen LogP contribution in [0.1, 0.15) is 17.5 Å². The van der Waals surface area contributed by atoms with Gasteiger partial charge in [-0.25, -0.2) is 0 Å². The van der Waals surface area contributed by atoms with E-state index in [2.05, 4.69) is 18.0 Å². The zero-order valence-corrected chi connectivity index (χ0v) is 9.98. The number of carboxylic acid groups (broad SMARTS) is 1. The molecule has 0 saturated heterocycles. The van der Waals surface area contributed by atoms with Crippen LogP contribution in [0, 0.1) is 0 Å². The van der Waals surface area contributed by atoms with Crippen molar-refractivity contribution < 1.29 is 14.6 Å². The molecule has 0 unspecified atom stereocenters. The highest BCUT2D eigenvalue weighted by Crippen LogP contribution is 2.23. The molecule has 0 saturated carbocycles. The van der Waals surface area contributed by atoms with Crippen LogP contribution in [0.25, 0.3) is 0 Å². The van der Waals surface area contributed by atoms with Gasteiger partial charge in [0.25, 0.3) is 0 Å². The molecule has 1 N–H and O–H groups in total. The van der Waals surface area contributed by atoms with Crippen LogP contribution < -0.4 is 4.74 Å². The van der Waals surface area contributed by atoms with E-state index < -0.39 is 5.97 Å². The predicted octanol–water partition coefficient (Wildman–Crippen LogP) is 1.53. The molecule has 2 rings (SSSR count). The molecule has 1 aromatic rings. The highest BCUT2D eigenvalue weighted by molar-refractivity contribution is 5.66. The summed E-state index contributed by atoms with van der Waals surface area (Å²) in [6.07, 6.45) is 1.07. The second kappa shape index (κ2) is 5.19. The minimum absolute atomic E-state index is 0.0415. The van der Waals surface area contributed by atoms with Crippen molar-refractivity contribution in [2.45, 2.75) is 19.4 Å². The Hall–Kier alpha value is -1.55. The van der Waals surface area contributed by atoms with Gasteiger partial charge in [0.05, 0.1) is 13.0 Å². The number of carboxylic acids is 1. The fourth-order valence-corrected chi connectivity index (χ4v) is 2.02. The molecule has 1 aliphatic heterocycles. The van der Waals surface area contributed by atoms with Crippen molar-refractivity contribution in [1.82, 2.24) is 4.90 Å². The number of ether oxygens (including phenoxy) is 1. The zero-order valence-electron chi connectivity index (χ0n) is 9.98. The molecule has 0 aromatic heterocycles. The highest BCUT2D eigenvalue weighted by Gasteiger charge is 2.13. The number of fused-ring (bicyclic) bond motifs is 1. The summed E-state index contributed by atoms with van der Waals surface area (Å²) in [5.74, 6) is -0.0564. The molecule has 0 aliphatic carbocycles. The quantitative estimate of drug-likeness (QED) is 0.859. The van der Waals surface area contributed by atoms with Gasteiger partial charge in [0.1, 0.15) is 5.75 Å². The zero-order chi connectivity index (χ0) is 12.3. The maximum Gasteiger partial charge on any atom is 0.306 e. The Morgan fingerprint density at radius 3 is 3.06 bits per heavy atom. The van der Waals surface area contributed by atoms with Gasteiger partial charge in [-0.3, -0.25) is 4.79 Å². The lowest BCUT2D eigenvalue weighted by molar-refractivity contribution is -0.137. The summed E-state index contributed by atoms with van der Waals surface area (Å²) in [5.41, 5.74) is 2.65. The molecule has 0 fully saturated rings. The number of hydrogen-bond donors (Lipinski definition) is 1.